The third-order valence-corrected chi connectivity index (χ3v) is 9.52. The molecule has 1 unspecified atom stereocenters. The van der Waals surface area contributed by atoms with Crippen LogP contribution in [0.2, 0.25) is 0 Å². The first kappa shape index (κ1) is 24.1. The highest BCUT2D eigenvalue weighted by molar-refractivity contribution is 7.89. The zero-order valence-corrected chi connectivity index (χ0v) is 20.7. The number of rotatable bonds is 5. The Balaban J connectivity index is 1.43. The van der Waals surface area contributed by atoms with Crippen molar-refractivity contribution in [1.29, 1.82) is 0 Å². The van der Waals surface area contributed by atoms with Gasteiger partial charge in [-0.05, 0) is 66.8 Å². The second-order valence-electron chi connectivity index (χ2n) is 9.55. The van der Waals surface area contributed by atoms with Crippen LogP contribution < -0.4 is 0 Å². The van der Waals surface area contributed by atoms with Crippen LogP contribution in [0.5, 0.6) is 0 Å². The third kappa shape index (κ3) is 4.54. The summed E-state index contributed by atoms with van der Waals surface area (Å²) in [6, 6.07) is 21.6. The summed E-state index contributed by atoms with van der Waals surface area (Å²) < 4.78 is 42.5. The molecule has 0 aliphatic carbocycles. The molecule has 0 bridgehead atoms. The maximum absolute atomic E-state index is 13.7. The molecule has 0 aromatic heterocycles. The van der Waals surface area contributed by atoms with E-state index in [0.717, 1.165) is 41.6 Å². The van der Waals surface area contributed by atoms with Gasteiger partial charge in [-0.25, -0.2) is 12.8 Å². The van der Waals surface area contributed by atoms with Gasteiger partial charge in [0, 0.05) is 31.1 Å². The highest BCUT2D eigenvalue weighted by atomic mass is 32.2. The van der Waals surface area contributed by atoms with Gasteiger partial charge >= 0.3 is 0 Å². The zero-order chi connectivity index (χ0) is 24.6. The quantitative estimate of drug-likeness (QED) is 0.571. The van der Waals surface area contributed by atoms with E-state index in [1.807, 2.05) is 49.4 Å². The van der Waals surface area contributed by atoms with Crippen molar-refractivity contribution in [2.75, 3.05) is 26.2 Å². The maximum Gasteiger partial charge on any atom is 0.243 e. The summed E-state index contributed by atoms with van der Waals surface area (Å²) in [6.45, 7) is 3.60. The predicted octanol–water partition coefficient (Wildman–Crippen LogP) is 4.41. The highest BCUT2D eigenvalue weighted by Crippen LogP contribution is 2.43. The van der Waals surface area contributed by atoms with Crippen LogP contribution in [0.15, 0.2) is 77.7 Å². The Labute approximate surface area is 206 Å². The molecule has 35 heavy (non-hydrogen) atoms. The minimum atomic E-state index is -3.62. The van der Waals surface area contributed by atoms with Gasteiger partial charge in [-0.3, -0.25) is 4.90 Å². The van der Waals surface area contributed by atoms with Gasteiger partial charge in [0.2, 0.25) is 10.0 Å². The SMILES string of the molecule is Cc1ccccc1S(=O)(=O)N1CCCCN2C(C1)[C@H](c1ccc(-c3cccc(F)c3)cc1)[C@H]2CO. The number of aliphatic hydroxyl groups excluding tert-OH is 1. The van der Waals surface area contributed by atoms with Crippen molar-refractivity contribution in [1.82, 2.24) is 9.21 Å². The average molecular weight is 495 g/mol. The van der Waals surface area contributed by atoms with Crippen molar-refractivity contribution in [3.05, 3.63) is 89.7 Å². The van der Waals surface area contributed by atoms with E-state index >= 15 is 0 Å². The first-order valence-corrected chi connectivity index (χ1v) is 13.6. The van der Waals surface area contributed by atoms with Crippen molar-refractivity contribution in [2.24, 2.45) is 0 Å². The largest absolute Gasteiger partial charge is 0.395 e. The molecule has 2 aliphatic heterocycles. The van der Waals surface area contributed by atoms with Crippen LogP contribution in [-0.4, -0.2) is 61.1 Å². The molecule has 3 aromatic carbocycles. The predicted molar refractivity (Wildman–Crippen MR) is 135 cm³/mol. The van der Waals surface area contributed by atoms with Gasteiger partial charge in [0.1, 0.15) is 5.82 Å². The van der Waals surface area contributed by atoms with Gasteiger partial charge in [-0.1, -0.05) is 54.6 Å². The molecule has 5 nitrogen and oxygen atoms in total. The van der Waals surface area contributed by atoms with Gasteiger partial charge in [0.25, 0.3) is 0 Å². The molecule has 2 aliphatic rings. The number of sulfonamides is 1. The minimum Gasteiger partial charge on any atom is -0.395 e. The van der Waals surface area contributed by atoms with Gasteiger partial charge in [0.05, 0.1) is 11.5 Å². The number of hydrogen-bond acceptors (Lipinski definition) is 4. The van der Waals surface area contributed by atoms with E-state index in [1.165, 1.54) is 12.1 Å². The van der Waals surface area contributed by atoms with Gasteiger partial charge in [-0.2, -0.15) is 4.31 Å². The van der Waals surface area contributed by atoms with E-state index < -0.39 is 10.0 Å². The van der Waals surface area contributed by atoms with Gasteiger partial charge < -0.3 is 5.11 Å². The first-order chi connectivity index (χ1) is 16.9. The number of halogens is 1. The fourth-order valence-corrected chi connectivity index (χ4v) is 7.40. The lowest BCUT2D eigenvalue weighted by Gasteiger charge is -2.57. The first-order valence-electron chi connectivity index (χ1n) is 12.2. The lowest BCUT2D eigenvalue weighted by atomic mass is 9.74. The topological polar surface area (TPSA) is 60.9 Å². The van der Waals surface area contributed by atoms with Crippen LogP contribution in [-0.2, 0) is 10.0 Å². The summed E-state index contributed by atoms with van der Waals surface area (Å²) in [5.74, 6) is -0.250. The number of hydrogen-bond donors (Lipinski definition) is 1. The molecule has 0 spiro atoms. The summed E-state index contributed by atoms with van der Waals surface area (Å²) >= 11 is 0. The van der Waals surface area contributed by atoms with Crippen LogP contribution in [0, 0.1) is 12.7 Å². The molecule has 2 heterocycles. The molecular weight excluding hydrogens is 463 g/mol. The molecule has 2 fully saturated rings. The Bertz CT molecular complexity index is 1300. The monoisotopic (exact) mass is 494 g/mol. The molecule has 3 atom stereocenters. The molecule has 0 radical (unpaired) electrons. The van der Waals surface area contributed by atoms with Crippen molar-refractivity contribution < 1.29 is 17.9 Å². The molecule has 5 rings (SSSR count). The summed E-state index contributed by atoms with van der Waals surface area (Å²) in [7, 11) is -3.62. The average Bonchev–Trinajstić information content (AvgIpc) is 2.83. The van der Waals surface area contributed by atoms with Gasteiger partial charge in [0.15, 0.2) is 0 Å². The van der Waals surface area contributed by atoms with Crippen molar-refractivity contribution in [3.63, 3.8) is 0 Å². The molecular formula is C28H31FN2O3S. The minimum absolute atomic E-state index is 0.00809. The van der Waals surface area contributed by atoms with Crippen LogP contribution in [0.25, 0.3) is 11.1 Å². The summed E-state index contributed by atoms with van der Waals surface area (Å²) in [4.78, 5) is 2.63. The van der Waals surface area contributed by atoms with E-state index in [2.05, 4.69) is 4.90 Å². The van der Waals surface area contributed by atoms with Crippen LogP contribution in [0.3, 0.4) is 0 Å². The van der Waals surface area contributed by atoms with E-state index in [1.54, 1.807) is 22.5 Å². The smallest absolute Gasteiger partial charge is 0.243 e. The second-order valence-corrected chi connectivity index (χ2v) is 11.5. The summed E-state index contributed by atoms with van der Waals surface area (Å²) in [5, 5.41) is 10.2. The van der Waals surface area contributed by atoms with Crippen molar-refractivity contribution in [2.45, 2.75) is 42.7 Å². The van der Waals surface area contributed by atoms with Crippen LogP contribution in [0.4, 0.5) is 4.39 Å². The maximum atomic E-state index is 13.7. The highest BCUT2D eigenvalue weighted by Gasteiger charge is 2.50. The Hall–Kier alpha value is -2.58. The third-order valence-electron chi connectivity index (χ3n) is 7.50. The van der Waals surface area contributed by atoms with E-state index in [0.29, 0.717) is 18.0 Å². The van der Waals surface area contributed by atoms with E-state index in [-0.39, 0.29) is 30.4 Å². The number of fused-ring (bicyclic) bond motifs is 1. The lowest BCUT2D eigenvalue weighted by molar-refractivity contribution is -0.0553. The second kappa shape index (κ2) is 9.82. The Morgan fingerprint density at radius 3 is 2.40 bits per heavy atom. The molecule has 1 N–H and O–H groups in total. The molecule has 2 saturated heterocycles. The molecule has 7 heteroatoms. The molecule has 3 aromatic rings. The van der Waals surface area contributed by atoms with Crippen molar-refractivity contribution >= 4 is 10.0 Å². The van der Waals surface area contributed by atoms with E-state index in [4.69, 9.17) is 0 Å². The summed E-state index contributed by atoms with van der Waals surface area (Å²) in [5.41, 5.74) is 3.55. The Morgan fingerprint density at radius 1 is 0.943 bits per heavy atom. The Kier molecular flexibility index (Phi) is 6.77. The van der Waals surface area contributed by atoms with Crippen LogP contribution in [0.1, 0.15) is 29.9 Å². The number of aliphatic hydroxyl groups is 1. The number of aryl methyl sites for hydroxylation is 1. The number of nitrogens with zero attached hydrogens (tertiary/aromatic N) is 2. The molecule has 0 amide bonds. The molecule has 184 valence electrons. The standard InChI is InChI=1S/C28H31FN2O3S/c1-20-7-2-3-10-27(20)35(33,34)30-15-4-5-16-31-25(18-30)28(26(31)19-32)22-13-11-21(12-14-22)23-8-6-9-24(29)17-23/h2-3,6-14,17,25-26,28,32H,4-5,15-16,18-19H2,1H3/t25?,26-,28+/m1/s1. The van der Waals surface area contributed by atoms with Crippen molar-refractivity contribution in [3.8, 4) is 11.1 Å². The summed E-state index contributed by atoms with van der Waals surface area (Å²) in [6.07, 6.45) is 1.68. The van der Waals surface area contributed by atoms with E-state index in [9.17, 15) is 17.9 Å². The fourth-order valence-electron chi connectivity index (χ4n) is 5.68. The van der Waals surface area contributed by atoms with Gasteiger partial charge in [-0.15, -0.1) is 0 Å². The molecule has 0 saturated carbocycles. The zero-order valence-electron chi connectivity index (χ0n) is 19.8. The normalized spacial score (nSPS) is 23.7. The lowest BCUT2D eigenvalue weighted by Crippen LogP contribution is -2.67. The number of benzene rings is 3. The Morgan fingerprint density at radius 2 is 1.69 bits per heavy atom. The van der Waals surface area contributed by atoms with Crippen LogP contribution >= 0.6 is 0 Å². The fraction of sp³-hybridized carbons (Fsp3) is 0.357.